The lowest BCUT2D eigenvalue weighted by Gasteiger charge is -2.29. The van der Waals surface area contributed by atoms with Gasteiger partial charge in [-0.2, -0.15) is 0 Å². The van der Waals surface area contributed by atoms with Crippen LogP contribution in [0.5, 0.6) is 11.5 Å². The van der Waals surface area contributed by atoms with Crippen LogP contribution in [-0.4, -0.2) is 37.4 Å². The van der Waals surface area contributed by atoms with Crippen LogP contribution in [-0.2, 0) is 19.1 Å². The third-order valence-corrected chi connectivity index (χ3v) is 7.82. The van der Waals surface area contributed by atoms with E-state index >= 15 is 0 Å². The summed E-state index contributed by atoms with van der Waals surface area (Å²) in [5, 5.41) is 2.02. The van der Waals surface area contributed by atoms with Crippen molar-refractivity contribution in [1.29, 1.82) is 0 Å². The van der Waals surface area contributed by atoms with E-state index in [1.54, 1.807) is 0 Å². The van der Waals surface area contributed by atoms with Crippen molar-refractivity contribution in [2.24, 2.45) is 5.92 Å². The maximum Gasteiger partial charge on any atom is 0.330 e. The normalized spacial score (nSPS) is 21.1. The number of carbonyl (C=O) groups is 2. The predicted octanol–water partition coefficient (Wildman–Crippen LogP) is 6.53. The Labute approximate surface area is 219 Å². The van der Waals surface area contributed by atoms with E-state index in [2.05, 4.69) is 39.1 Å². The molecule has 1 saturated carbocycles. The Balaban J connectivity index is 1.77. The third kappa shape index (κ3) is 5.25. The maximum atomic E-state index is 11.8. The van der Waals surface area contributed by atoms with Gasteiger partial charge >= 0.3 is 11.9 Å². The number of fused-ring (bicyclic) bond motifs is 6. The summed E-state index contributed by atoms with van der Waals surface area (Å²) in [4.78, 5) is 23.6. The van der Waals surface area contributed by atoms with Crippen LogP contribution in [0.1, 0.15) is 75.0 Å². The molecule has 37 heavy (non-hydrogen) atoms. The van der Waals surface area contributed by atoms with Crippen LogP contribution < -0.4 is 9.47 Å². The first-order chi connectivity index (χ1) is 17.8. The van der Waals surface area contributed by atoms with Crippen molar-refractivity contribution in [1.82, 2.24) is 0 Å². The van der Waals surface area contributed by atoms with Gasteiger partial charge in [-0.05, 0) is 55.9 Å². The van der Waals surface area contributed by atoms with E-state index in [-0.39, 0.29) is 25.4 Å². The fraction of sp³-hybridized carbons (Fsp3) is 0.484. The first-order valence-corrected chi connectivity index (χ1v) is 13.3. The molecule has 0 N–H and O–H groups in total. The molecule has 2 aromatic rings. The van der Waals surface area contributed by atoms with E-state index in [0.29, 0.717) is 30.6 Å². The molecule has 0 amide bonds. The van der Waals surface area contributed by atoms with Gasteiger partial charge in [-0.1, -0.05) is 52.1 Å². The van der Waals surface area contributed by atoms with Crippen LogP contribution in [0.3, 0.4) is 0 Å². The summed E-state index contributed by atoms with van der Waals surface area (Å²) in [6, 6.07) is 6.19. The zero-order chi connectivity index (χ0) is 26.7. The first-order valence-electron chi connectivity index (χ1n) is 13.3. The van der Waals surface area contributed by atoms with Gasteiger partial charge < -0.3 is 18.9 Å². The topological polar surface area (TPSA) is 71.1 Å². The summed E-state index contributed by atoms with van der Waals surface area (Å²) < 4.78 is 24.1. The Hall–Kier alpha value is -3.28. The van der Waals surface area contributed by atoms with Crippen LogP contribution >= 0.6 is 0 Å². The van der Waals surface area contributed by atoms with Gasteiger partial charge in [-0.15, -0.1) is 0 Å². The molecular weight excluding hydrogens is 468 g/mol. The molecule has 0 saturated heterocycles. The number of rotatable bonds is 12. The molecule has 2 bridgehead atoms. The molecule has 2 aliphatic rings. The minimum Gasteiger partial charge on any atom is -0.489 e. The highest BCUT2D eigenvalue weighted by Gasteiger charge is 2.46. The number of carbonyl (C=O) groups excluding carboxylic acids is 2. The summed E-state index contributed by atoms with van der Waals surface area (Å²) in [6.45, 7) is 15.9. The SMILES string of the molecule is C=CC(=O)OC(CC)COc1c2c(c(OCC(CC)OC(=O)C=C)c3c(C)cccc13)C1CC(C)C2C1. The summed E-state index contributed by atoms with van der Waals surface area (Å²) in [7, 11) is 0. The van der Waals surface area contributed by atoms with E-state index in [1.807, 2.05) is 19.9 Å². The maximum absolute atomic E-state index is 11.8. The largest absolute Gasteiger partial charge is 0.489 e. The Kier molecular flexibility index (Phi) is 8.25. The highest BCUT2D eigenvalue weighted by atomic mass is 16.6. The second kappa shape index (κ2) is 11.4. The van der Waals surface area contributed by atoms with Crippen LogP contribution in [0, 0.1) is 12.8 Å². The standard InChI is InChI=1S/C31H38O6/c1-7-21(36-25(32)9-3)16-34-30-23-13-11-12-18(5)27(23)31(35-17-22(8-2)37-26(33)10-4)28-20-14-19(6)24(15-20)29(28)30/h9-13,19-22,24H,3-4,7-8,14-17H2,1-2,5-6H3. The van der Waals surface area contributed by atoms with Crippen molar-refractivity contribution in [3.05, 3.63) is 60.2 Å². The fourth-order valence-corrected chi connectivity index (χ4v) is 5.90. The molecule has 5 atom stereocenters. The summed E-state index contributed by atoms with van der Waals surface area (Å²) in [5.41, 5.74) is 3.54. The molecule has 6 nitrogen and oxygen atoms in total. The van der Waals surface area contributed by atoms with E-state index in [1.165, 1.54) is 23.3 Å². The molecule has 0 heterocycles. The number of benzene rings is 2. The minimum absolute atomic E-state index is 0.271. The molecule has 2 aromatic carbocycles. The van der Waals surface area contributed by atoms with Gasteiger partial charge in [-0.25, -0.2) is 9.59 Å². The number of hydrogen-bond donors (Lipinski definition) is 0. The summed E-state index contributed by atoms with van der Waals surface area (Å²) in [6.07, 6.45) is 5.11. The lowest BCUT2D eigenvalue weighted by atomic mass is 9.81. The molecule has 1 fully saturated rings. The predicted molar refractivity (Wildman–Crippen MR) is 144 cm³/mol. The van der Waals surface area contributed by atoms with Crippen molar-refractivity contribution >= 4 is 22.7 Å². The van der Waals surface area contributed by atoms with Crippen molar-refractivity contribution in [2.45, 2.75) is 77.4 Å². The van der Waals surface area contributed by atoms with Crippen molar-refractivity contribution in [3.63, 3.8) is 0 Å². The van der Waals surface area contributed by atoms with E-state index in [0.717, 1.165) is 40.7 Å². The molecule has 0 aromatic heterocycles. The van der Waals surface area contributed by atoms with Gasteiger partial charge in [0.15, 0.2) is 0 Å². The van der Waals surface area contributed by atoms with E-state index in [4.69, 9.17) is 18.9 Å². The fourth-order valence-electron chi connectivity index (χ4n) is 5.90. The number of ether oxygens (including phenoxy) is 4. The van der Waals surface area contributed by atoms with Gasteiger partial charge in [0.2, 0.25) is 0 Å². The lowest BCUT2D eigenvalue weighted by Crippen LogP contribution is -2.25. The van der Waals surface area contributed by atoms with Crippen LogP contribution in [0.4, 0.5) is 0 Å². The second-order valence-corrected chi connectivity index (χ2v) is 10.2. The van der Waals surface area contributed by atoms with Crippen molar-refractivity contribution in [3.8, 4) is 11.5 Å². The molecule has 0 spiro atoms. The van der Waals surface area contributed by atoms with Crippen molar-refractivity contribution < 1.29 is 28.5 Å². The Morgan fingerprint density at radius 1 is 0.946 bits per heavy atom. The van der Waals surface area contributed by atoms with E-state index in [9.17, 15) is 9.59 Å². The number of hydrogen-bond acceptors (Lipinski definition) is 6. The van der Waals surface area contributed by atoms with Crippen molar-refractivity contribution in [2.75, 3.05) is 13.2 Å². The molecule has 5 unspecified atom stereocenters. The average Bonchev–Trinajstić information content (AvgIpc) is 3.46. The molecule has 0 radical (unpaired) electrons. The van der Waals surface area contributed by atoms with Crippen LogP contribution in [0.2, 0.25) is 0 Å². The molecule has 198 valence electrons. The molecule has 2 aliphatic carbocycles. The second-order valence-electron chi connectivity index (χ2n) is 10.2. The quantitative estimate of drug-likeness (QED) is 0.241. The van der Waals surface area contributed by atoms with Crippen LogP contribution in [0.25, 0.3) is 10.8 Å². The zero-order valence-electron chi connectivity index (χ0n) is 22.4. The molecule has 6 heteroatoms. The smallest absolute Gasteiger partial charge is 0.330 e. The summed E-state index contributed by atoms with van der Waals surface area (Å²) in [5.74, 6) is 2.20. The molecule has 0 aliphatic heterocycles. The monoisotopic (exact) mass is 506 g/mol. The Bertz CT molecular complexity index is 1200. The van der Waals surface area contributed by atoms with Gasteiger partial charge in [0, 0.05) is 34.1 Å². The number of aryl methyl sites for hydroxylation is 1. The first kappa shape index (κ1) is 26.8. The summed E-state index contributed by atoms with van der Waals surface area (Å²) >= 11 is 0. The van der Waals surface area contributed by atoms with Gasteiger partial charge in [-0.3, -0.25) is 0 Å². The Morgan fingerprint density at radius 2 is 1.54 bits per heavy atom. The average molecular weight is 507 g/mol. The highest BCUT2D eigenvalue weighted by molar-refractivity contribution is 5.99. The van der Waals surface area contributed by atoms with Gasteiger partial charge in [0.1, 0.15) is 36.9 Å². The number of esters is 2. The molecule has 4 rings (SSSR count). The lowest BCUT2D eigenvalue weighted by molar-refractivity contribution is -0.145. The highest BCUT2D eigenvalue weighted by Crippen LogP contribution is 2.63. The zero-order valence-corrected chi connectivity index (χ0v) is 22.4. The van der Waals surface area contributed by atoms with Gasteiger partial charge in [0.25, 0.3) is 0 Å². The minimum atomic E-state index is -0.444. The van der Waals surface area contributed by atoms with E-state index < -0.39 is 11.9 Å². The van der Waals surface area contributed by atoms with Crippen LogP contribution in [0.15, 0.2) is 43.5 Å². The Morgan fingerprint density at radius 3 is 2.11 bits per heavy atom. The van der Waals surface area contributed by atoms with Gasteiger partial charge in [0.05, 0.1) is 0 Å². The molecular formula is C31H38O6. The third-order valence-electron chi connectivity index (χ3n) is 7.82.